The van der Waals surface area contributed by atoms with Crippen LogP contribution in [0.3, 0.4) is 0 Å². The van der Waals surface area contributed by atoms with Gasteiger partial charge in [-0.1, -0.05) is 13.3 Å². The number of hydrogen-bond acceptors (Lipinski definition) is 4. The van der Waals surface area contributed by atoms with Gasteiger partial charge >= 0.3 is 5.97 Å². The number of aromatic nitrogens is 3. The molecule has 0 aromatic carbocycles. The Labute approximate surface area is 110 Å². The highest BCUT2D eigenvalue weighted by atomic mass is 16.5. The number of aromatic amines is 1. The van der Waals surface area contributed by atoms with Gasteiger partial charge in [0.2, 0.25) is 5.43 Å². The second-order valence-electron chi connectivity index (χ2n) is 4.24. The van der Waals surface area contributed by atoms with Gasteiger partial charge in [0.1, 0.15) is 11.2 Å². The SMILES string of the molecule is CCCCOC(=O)c1c[nH]c2c(cnn2CC)c1=O. The fourth-order valence-electron chi connectivity index (χ4n) is 1.83. The number of pyridine rings is 1. The van der Waals surface area contributed by atoms with E-state index >= 15 is 0 Å². The molecule has 0 aliphatic carbocycles. The number of carbonyl (C=O) groups excluding carboxylic acids is 1. The first-order valence-electron chi connectivity index (χ1n) is 6.43. The molecule has 0 aliphatic heterocycles. The van der Waals surface area contributed by atoms with Crippen molar-refractivity contribution in [2.24, 2.45) is 0 Å². The molecule has 2 aromatic heterocycles. The second-order valence-corrected chi connectivity index (χ2v) is 4.24. The number of H-pyrrole nitrogens is 1. The Hall–Kier alpha value is -2.11. The molecule has 0 amide bonds. The minimum Gasteiger partial charge on any atom is -0.462 e. The molecular weight excluding hydrogens is 246 g/mol. The Kier molecular flexibility index (Phi) is 3.99. The first-order chi connectivity index (χ1) is 9.19. The van der Waals surface area contributed by atoms with Gasteiger partial charge in [-0.05, 0) is 13.3 Å². The van der Waals surface area contributed by atoms with Gasteiger partial charge in [-0.15, -0.1) is 0 Å². The second kappa shape index (κ2) is 5.69. The van der Waals surface area contributed by atoms with Crippen LogP contribution < -0.4 is 5.43 Å². The lowest BCUT2D eigenvalue weighted by Crippen LogP contribution is -2.18. The number of fused-ring (bicyclic) bond motifs is 1. The Morgan fingerprint density at radius 2 is 2.26 bits per heavy atom. The number of carbonyl (C=O) groups is 1. The Morgan fingerprint density at radius 3 is 2.95 bits per heavy atom. The van der Waals surface area contributed by atoms with Gasteiger partial charge in [-0.3, -0.25) is 4.79 Å². The predicted octanol–water partition coefficient (Wildman–Crippen LogP) is 1.70. The van der Waals surface area contributed by atoms with Crippen LogP contribution in [0.5, 0.6) is 0 Å². The molecule has 0 bridgehead atoms. The fourth-order valence-corrected chi connectivity index (χ4v) is 1.83. The lowest BCUT2D eigenvalue weighted by molar-refractivity contribution is 0.0498. The first-order valence-corrected chi connectivity index (χ1v) is 6.43. The third-order valence-corrected chi connectivity index (χ3v) is 2.93. The van der Waals surface area contributed by atoms with Crippen molar-refractivity contribution in [2.75, 3.05) is 6.61 Å². The molecule has 0 spiro atoms. The van der Waals surface area contributed by atoms with E-state index in [0.29, 0.717) is 24.2 Å². The highest BCUT2D eigenvalue weighted by Gasteiger charge is 2.16. The van der Waals surface area contributed by atoms with Crippen molar-refractivity contribution in [2.45, 2.75) is 33.2 Å². The standard InChI is InChI=1S/C13H17N3O3/c1-3-5-6-19-13(18)10-7-14-12-9(11(10)17)8-15-16(12)4-2/h7-8H,3-6H2,1-2H3,(H,14,17). The number of aryl methyl sites for hydroxylation is 1. The van der Waals surface area contributed by atoms with Gasteiger partial charge in [-0.2, -0.15) is 5.10 Å². The van der Waals surface area contributed by atoms with E-state index < -0.39 is 5.97 Å². The molecule has 19 heavy (non-hydrogen) atoms. The molecule has 2 heterocycles. The molecule has 0 saturated carbocycles. The van der Waals surface area contributed by atoms with Crippen molar-refractivity contribution in [3.63, 3.8) is 0 Å². The molecule has 2 rings (SSSR count). The van der Waals surface area contributed by atoms with E-state index in [0.717, 1.165) is 12.8 Å². The zero-order valence-electron chi connectivity index (χ0n) is 11.1. The molecule has 6 nitrogen and oxygen atoms in total. The van der Waals surface area contributed by atoms with Crippen LogP contribution >= 0.6 is 0 Å². The van der Waals surface area contributed by atoms with E-state index in [9.17, 15) is 9.59 Å². The molecule has 102 valence electrons. The van der Waals surface area contributed by atoms with E-state index in [-0.39, 0.29) is 11.0 Å². The molecule has 2 aromatic rings. The average Bonchev–Trinajstić information content (AvgIpc) is 2.83. The van der Waals surface area contributed by atoms with E-state index in [2.05, 4.69) is 10.1 Å². The van der Waals surface area contributed by atoms with Gasteiger partial charge in [0.05, 0.1) is 18.2 Å². The van der Waals surface area contributed by atoms with Gasteiger partial charge in [-0.25, -0.2) is 9.48 Å². The number of nitrogens with zero attached hydrogens (tertiary/aromatic N) is 2. The third kappa shape index (κ3) is 2.52. The highest BCUT2D eigenvalue weighted by molar-refractivity contribution is 5.92. The zero-order valence-corrected chi connectivity index (χ0v) is 11.1. The minimum absolute atomic E-state index is 0.0271. The van der Waals surface area contributed by atoms with Gasteiger partial charge in [0.25, 0.3) is 0 Å². The summed E-state index contributed by atoms with van der Waals surface area (Å²) in [6.07, 6.45) is 4.60. The van der Waals surface area contributed by atoms with E-state index in [4.69, 9.17) is 4.74 Å². The number of ether oxygens (including phenoxy) is 1. The van der Waals surface area contributed by atoms with Crippen LogP contribution in [0.4, 0.5) is 0 Å². The van der Waals surface area contributed by atoms with E-state index in [1.165, 1.54) is 12.4 Å². The van der Waals surface area contributed by atoms with Crippen LogP contribution in [0.1, 0.15) is 37.0 Å². The van der Waals surface area contributed by atoms with Crippen LogP contribution in [-0.4, -0.2) is 27.3 Å². The molecule has 0 aliphatic rings. The molecule has 0 unspecified atom stereocenters. The summed E-state index contributed by atoms with van der Waals surface area (Å²) in [5.74, 6) is -0.583. The Balaban J connectivity index is 2.32. The average molecular weight is 263 g/mol. The number of unbranched alkanes of at least 4 members (excludes halogenated alkanes) is 1. The smallest absolute Gasteiger partial charge is 0.343 e. The van der Waals surface area contributed by atoms with Gasteiger partial charge in [0, 0.05) is 12.7 Å². The summed E-state index contributed by atoms with van der Waals surface area (Å²) in [6.45, 7) is 4.92. The molecule has 1 N–H and O–H groups in total. The van der Waals surface area contributed by atoms with Crippen molar-refractivity contribution >= 4 is 17.0 Å². The Morgan fingerprint density at radius 1 is 1.47 bits per heavy atom. The number of rotatable bonds is 5. The summed E-state index contributed by atoms with van der Waals surface area (Å²) < 4.78 is 6.71. The van der Waals surface area contributed by atoms with Crippen molar-refractivity contribution in [3.05, 3.63) is 28.2 Å². The largest absolute Gasteiger partial charge is 0.462 e. The summed E-state index contributed by atoms with van der Waals surface area (Å²) in [5, 5.41) is 4.49. The van der Waals surface area contributed by atoms with Crippen LogP contribution in [0.25, 0.3) is 11.0 Å². The summed E-state index contributed by atoms with van der Waals surface area (Å²) >= 11 is 0. The minimum atomic E-state index is -0.583. The van der Waals surface area contributed by atoms with Gasteiger partial charge < -0.3 is 9.72 Å². The molecule has 0 fully saturated rings. The normalized spacial score (nSPS) is 10.8. The third-order valence-electron chi connectivity index (χ3n) is 2.93. The molecule has 0 saturated heterocycles. The summed E-state index contributed by atoms with van der Waals surface area (Å²) in [4.78, 5) is 26.9. The summed E-state index contributed by atoms with van der Waals surface area (Å²) in [7, 11) is 0. The van der Waals surface area contributed by atoms with Crippen LogP contribution in [0, 0.1) is 0 Å². The van der Waals surface area contributed by atoms with Crippen LogP contribution in [-0.2, 0) is 11.3 Å². The summed E-state index contributed by atoms with van der Waals surface area (Å²) in [5.41, 5.74) is 0.312. The monoisotopic (exact) mass is 263 g/mol. The maximum atomic E-state index is 12.2. The van der Waals surface area contributed by atoms with E-state index in [1.54, 1.807) is 4.68 Å². The number of esters is 1. The van der Waals surface area contributed by atoms with Crippen LogP contribution in [0.2, 0.25) is 0 Å². The molecule has 0 atom stereocenters. The topological polar surface area (TPSA) is 77.0 Å². The van der Waals surface area contributed by atoms with Crippen LogP contribution in [0.15, 0.2) is 17.2 Å². The van der Waals surface area contributed by atoms with Crippen molar-refractivity contribution in [1.82, 2.24) is 14.8 Å². The molecule has 0 radical (unpaired) electrons. The lowest BCUT2D eigenvalue weighted by atomic mass is 10.2. The molecular formula is C13H17N3O3. The maximum Gasteiger partial charge on any atom is 0.343 e. The number of nitrogens with one attached hydrogen (secondary N) is 1. The maximum absolute atomic E-state index is 12.2. The van der Waals surface area contributed by atoms with Crippen molar-refractivity contribution in [3.8, 4) is 0 Å². The zero-order chi connectivity index (χ0) is 13.8. The predicted molar refractivity (Wildman–Crippen MR) is 71.2 cm³/mol. The summed E-state index contributed by atoms with van der Waals surface area (Å²) in [6, 6.07) is 0. The Bertz CT molecular complexity index is 642. The van der Waals surface area contributed by atoms with Gasteiger partial charge in [0.15, 0.2) is 0 Å². The van der Waals surface area contributed by atoms with Crippen molar-refractivity contribution < 1.29 is 9.53 Å². The lowest BCUT2D eigenvalue weighted by Gasteiger charge is -2.04. The fraction of sp³-hybridized carbons (Fsp3) is 0.462. The van der Waals surface area contributed by atoms with Crippen molar-refractivity contribution in [1.29, 1.82) is 0 Å². The number of hydrogen-bond donors (Lipinski definition) is 1. The quantitative estimate of drug-likeness (QED) is 0.658. The van der Waals surface area contributed by atoms with E-state index in [1.807, 2.05) is 13.8 Å². The molecule has 6 heteroatoms. The highest BCUT2D eigenvalue weighted by Crippen LogP contribution is 2.08. The first kappa shape index (κ1) is 13.3.